The van der Waals surface area contributed by atoms with Gasteiger partial charge in [0.15, 0.2) is 0 Å². The molecular weight excluding hydrogens is 260 g/mol. The van der Waals surface area contributed by atoms with Gasteiger partial charge in [0, 0.05) is 4.83 Å². The van der Waals surface area contributed by atoms with Crippen molar-refractivity contribution in [3.8, 4) is 0 Å². The summed E-state index contributed by atoms with van der Waals surface area (Å²) < 4.78 is 0. The zero-order chi connectivity index (χ0) is 12.0. The first-order valence-electron chi connectivity index (χ1n) is 6.29. The Kier molecular flexibility index (Phi) is 6.12. The van der Waals surface area contributed by atoms with Gasteiger partial charge >= 0.3 is 0 Å². The molecular formula is C15H23Br. The van der Waals surface area contributed by atoms with Gasteiger partial charge < -0.3 is 0 Å². The minimum atomic E-state index is 0.628. The molecule has 0 radical (unpaired) electrons. The van der Waals surface area contributed by atoms with Crippen LogP contribution in [0.25, 0.3) is 0 Å². The average Bonchev–Trinajstić information content (AvgIpc) is 2.24. The van der Waals surface area contributed by atoms with Crippen molar-refractivity contribution in [3.05, 3.63) is 35.9 Å². The van der Waals surface area contributed by atoms with Gasteiger partial charge in [-0.15, -0.1) is 0 Å². The molecule has 0 N–H and O–H groups in total. The van der Waals surface area contributed by atoms with E-state index in [-0.39, 0.29) is 0 Å². The van der Waals surface area contributed by atoms with Gasteiger partial charge in [-0.1, -0.05) is 67.0 Å². The van der Waals surface area contributed by atoms with Crippen LogP contribution in [0.3, 0.4) is 0 Å². The number of hydrogen-bond donors (Lipinski definition) is 0. The number of alkyl halides is 1. The Balaban J connectivity index is 2.34. The van der Waals surface area contributed by atoms with E-state index in [1.165, 1.54) is 24.8 Å². The highest BCUT2D eigenvalue weighted by molar-refractivity contribution is 9.09. The lowest BCUT2D eigenvalue weighted by atomic mass is 9.88. The highest BCUT2D eigenvalue weighted by atomic mass is 79.9. The lowest BCUT2D eigenvalue weighted by molar-refractivity contribution is 0.352. The molecule has 90 valence electrons. The second kappa shape index (κ2) is 7.11. The van der Waals surface area contributed by atoms with Crippen LogP contribution in [0.15, 0.2) is 30.3 Å². The molecule has 0 aliphatic rings. The molecule has 0 fully saturated rings. The van der Waals surface area contributed by atoms with Crippen LogP contribution >= 0.6 is 15.9 Å². The van der Waals surface area contributed by atoms with Crippen LogP contribution in [0, 0.1) is 11.8 Å². The standard InChI is InChI=1S/C15H23Br/c1-12(2)15(13(3)16)11-7-10-14-8-5-4-6-9-14/h4-6,8-9,12-13,15H,7,10-11H2,1-3H3. The molecule has 0 aliphatic carbocycles. The molecule has 0 spiro atoms. The predicted molar refractivity (Wildman–Crippen MR) is 76.1 cm³/mol. The smallest absolute Gasteiger partial charge is 0.0148 e. The van der Waals surface area contributed by atoms with Gasteiger partial charge in [-0.3, -0.25) is 0 Å². The van der Waals surface area contributed by atoms with Gasteiger partial charge in [0.05, 0.1) is 0 Å². The third-order valence-corrected chi connectivity index (χ3v) is 3.97. The highest BCUT2D eigenvalue weighted by Crippen LogP contribution is 2.26. The maximum Gasteiger partial charge on any atom is 0.0148 e. The van der Waals surface area contributed by atoms with Gasteiger partial charge in [0.1, 0.15) is 0 Å². The Bertz CT molecular complexity index is 269. The van der Waals surface area contributed by atoms with E-state index in [9.17, 15) is 0 Å². The molecule has 0 bridgehead atoms. The third kappa shape index (κ3) is 4.69. The molecule has 0 heterocycles. The van der Waals surface area contributed by atoms with E-state index in [1.54, 1.807) is 0 Å². The first-order valence-corrected chi connectivity index (χ1v) is 7.21. The predicted octanol–water partition coefficient (Wildman–Crippen LogP) is 5.06. The summed E-state index contributed by atoms with van der Waals surface area (Å²) in [5, 5.41) is 0. The van der Waals surface area contributed by atoms with Crippen LogP contribution in [0.4, 0.5) is 0 Å². The normalized spacial score (nSPS) is 15.1. The zero-order valence-corrected chi connectivity index (χ0v) is 12.2. The maximum atomic E-state index is 3.73. The molecule has 2 unspecified atom stereocenters. The van der Waals surface area contributed by atoms with Crippen LogP contribution in [0.5, 0.6) is 0 Å². The van der Waals surface area contributed by atoms with E-state index in [0.29, 0.717) is 4.83 Å². The van der Waals surface area contributed by atoms with Crippen molar-refractivity contribution in [1.29, 1.82) is 0 Å². The Morgan fingerprint density at radius 1 is 1.06 bits per heavy atom. The molecule has 16 heavy (non-hydrogen) atoms. The molecule has 0 amide bonds. The molecule has 0 saturated carbocycles. The second-order valence-corrected chi connectivity index (χ2v) is 6.41. The fourth-order valence-corrected chi connectivity index (χ4v) is 3.15. The van der Waals surface area contributed by atoms with Gasteiger partial charge in [0.2, 0.25) is 0 Å². The lowest BCUT2D eigenvalue weighted by Crippen LogP contribution is -2.17. The molecule has 1 aromatic carbocycles. The van der Waals surface area contributed by atoms with Gasteiger partial charge in [0.25, 0.3) is 0 Å². The van der Waals surface area contributed by atoms with Crippen LogP contribution in [-0.2, 0) is 6.42 Å². The molecule has 1 heteroatoms. The minimum absolute atomic E-state index is 0.628. The van der Waals surface area contributed by atoms with Crippen molar-refractivity contribution in [1.82, 2.24) is 0 Å². The summed E-state index contributed by atoms with van der Waals surface area (Å²) in [7, 11) is 0. The monoisotopic (exact) mass is 282 g/mol. The molecule has 0 aromatic heterocycles. The SMILES string of the molecule is CC(C)C(CCCc1ccccc1)C(C)Br. The van der Waals surface area contributed by atoms with Crippen LogP contribution in [0.1, 0.15) is 39.2 Å². The van der Waals surface area contributed by atoms with E-state index in [2.05, 4.69) is 67.0 Å². The number of halogens is 1. The molecule has 2 atom stereocenters. The van der Waals surface area contributed by atoms with Gasteiger partial charge in [-0.25, -0.2) is 0 Å². The summed E-state index contributed by atoms with van der Waals surface area (Å²) >= 11 is 3.73. The second-order valence-electron chi connectivity index (χ2n) is 4.96. The number of aryl methyl sites for hydroxylation is 1. The van der Waals surface area contributed by atoms with Gasteiger partial charge in [-0.2, -0.15) is 0 Å². The van der Waals surface area contributed by atoms with E-state index in [1.807, 2.05) is 0 Å². The quantitative estimate of drug-likeness (QED) is 0.640. The van der Waals surface area contributed by atoms with Crippen molar-refractivity contribution in [2.24, 2.45) is 11.8 Å². The Morgan fingerprint density at radius 2 is 1.69 bits per heavy atom. The number of rotatable bonds is 6. The third-order valence-electron chi connectivity index (χ3n) is 3.29. The van der Waals surface area contributed by atoms with Gasteiger partial charge in [-0.05, 0) is 36.7 Å². The summed E-state index contributed by atoms with van der Waals surface area (Å²) in [6.07, 6.45) is 3.82. The van der Waals surface area contributed by atoms with Crippen molar-refractivity contribution >= 4 is 15.9 Å². The molecule has 1 rings (SSSR count). The first-order chi connectivity index (χ1) is 7.61. The van der Waals surface area contributed by atoms with Crippen LogP contribution in [0.2, 0.25) is 0 Å². The van der Waals surface area contributed by atoms with Crippen LogP contribution in [-0.4, -0.2) is 4.83 Å². The van der Waals surface area contributed by atoms with Crippen molar-refractivity contribution in [2.75, 3.05) is 0 Å². The topological polar surface area (TPSA) is 0 Å². The summed E-state index contributed by atoms with van der Waals surface area (Å²) in [6.45, 7) is 6.92. The van der Waals surface area contributed by atoms with E-state index < -0.39 is 0 Å². The van der Waals surface area contributed by atoms with Crippen molar-refractivity contribution < 1.29 is 0 Å². The average molecular weight is 283 g/mol. The molecule has 0 aliphatic heterocycles. The molecule has 0 nitrogen and oxygen atoms in total. The number of benzene rings is 1. The summed E-state index contributed by atoms with van der Waals surface area (Å²) in [5.74, 6) is 1.56. The Labute approximate surface area is 109 Å². The summed E-state index contributed by atoms with van der Waals surface area (Å²) in [4.78, 5) is 0.628. The lowest BCUT2D eigenvalue weighted by Gasteiger charge is -2.23. The Hall–Kier alpha value is -0.300. The van der Waals surface area contributed by atoms with Crippen LogP contribution < -0.4 is 0 Å². The number of hydrogen-bond acceptors (Lipinski definition) is 0. The van der Waals surface area contributed by atoms with E-state index in [4.69, 9.17) is 0 Å². The maximum absolute atomic E-state index is 3.73. The highest BCUT2D eigenvalue weighted by Gasteiger charge is 2.17. The van der Waals surface area contributed by atoms with E-state index >= 15 is 0 Å². The van der Waals surface area contributed by atoms with E-state index in [0.717, 1.165) is 11.8 Å². The van der Waals surface area contributed by atoms with Crippen molar-refractivity contribution in [3.63, 3.8) is 0 Å². The fraction of sp³-hybridized carbons (Fsp3) is 0.600. The zero-order valence-electron chi connectivity index (χ0n) is 10.6. The first kappa shape index (κ1) is 13.8. The summed E-state index contributed by atoms with van der Waals surface area (Å²) in [5.41, 5.74) is 1.47. The summed E-state index contributed by atoms with van der Waals surface area (Å²) in [6, 6.07) is 10.8. The minimum Gasteiger partial charge on any atom is -0.0891 e. The fourth-order valence-electron chi connectivity index (χ4n) is 2.28. The molecule has 0 saturated heterocycles. The Morgan fingerprint density at radius 3 is 2.19 bits per heavy atom. The van der Waals surface area contributed by atoms with Crippen molar-refractivity contribution in [2.45, 2.75) is 44.9 Å². The molecule has 1 aromatic rings. The largest absolute Gasteiger partial charge is 0.0891 e.